The Morgan fingerprint density at radius 1 is 1.21 bits per heavy atom. The van der Waals surface area contributed by atoms with Crippen molar-refractivity contribution >= 4 is 0 Å². The van der Waals surface area contributed by atoms with Crippen LogP contribution < -0.4 is 0 Å². The first kappa shape index (κ1) is 13.6. The lowest BCUT2D eigenvalue weighted by Crippen LogP contribution is -2.65. The highest BCUT2D eigenvalue weighted by atomic mass is 16.6. The summed E-state index contributed by atoms with van der Waals surface area (Å²) >= 11 is 0. The lowest BCUT2D eigenvalue weighted by Gasteiger charge is -2.60. The quantitative estimate of drug-likeness (QED) is 0.577. The molecule has 0 aromatic rings. The lowest BCUT2D eigenvalue weighted by atomic mass is 9.46. The summed E-state index contributed by atoms with van der Waals surface area (Å²) in [5.41, 5.74) is -1.32. The van der Waals surface area contributed by atoms with E-state index < -0.39 is 23.4 Å². The molecular formula is C15H24O4. The van der Waals surface area contributed by atoms with Crippen LogP contribution in [0.2, 0.25) is 0 Å². The monoisotopic (exact) mass is 268 g/mol. The van der Waals surface area contributed by atoms with Crippen molar-refractivity contribution in [1.82, 2.24) is 0 Å². The minimum Gasteiger partial charge on any atom is -0.389 e. The van der Waals surface area contributed by atoms with Gasteiger partial charge in [-0.1, -0.05) is 33.3 Å². The Bertz CT molecular complexity index is 430. The van der Waals surface area contributed by atoms with E-state index >= 15 is 0 Å². The molecule has 4 nitrogen and oxygen atoms in total. The molecule has 3 N–H and O–H groups in total. The van der Waals surface area contributed by atoms with Crippen molar-refractivity contribution in [3.05, 3.63) is 11.6 Å². The van der Waals surface area contributed by atoms with Crippen LogP contribution in [-0.4, -0.2) is 39.9 Å². The highest BCUT2D eigenvalue weighted by molar-refractivity contribution is 5.35. The summed E-state index contributed by atoms with van der Waals surface area (Å²) in [6, 6.07) is 0. The van der Waals surface area contributed by atoms with Gasteiger partial charge in [0.15, 0.2) is 6.29 Å². The molecule has 4 heteroatoms. The van der Waals surface area contributed by atoms with Gasteiger partial charge in [0.25, 0.3) is 0 Å². The summed E-state index contributed by atoms with van der Waals surface area (Å²) in [5.74, 6) is -0.0705. The maximum atomic E-state index is 11.1. The number of hydrogen-bond donors (Lipinski definition) is 3. The van der Waals surface area contributed by atoms with Gasteiger partial charge in [0.1, 0.15) is 5.60 Å². The summed E-state index contributed by atoms with van der Waals surface area (Å²) < 4.78 is 5.26. The van der Waals surface area contributed by atoms with Crippen molar-refractivity contribution in [3.8, 4) is 0 Å². The molecule has 108 valence electrons. The molecule has 1 aliphatic heterocycles. The zero-order valence-corrected chi connectivity index (χ0v) is 11.9. The lowest BCUT2D eigenvalue weighted by molar-refractivity contribution is -0.242. The normalized spacial score (nSPS) is 52.3. The number of fused-ring (bicyclic) bond motifs is 3. The van der Waals surface area contributed by atoms with Crippen molar-refractivity contribution in [1.29, 1.82) is 0 Å². The third-order valence-electron chi connectivity index (χ3n) is 5.87. The summed E-state index contributed by atoms with van der Waals surface area (Å²) in [6.45, 7) is 6.48. The molecule has 0 unspecified atom stereocenters. The highest BCUT2D eigenvalue weighted by Gasteiger charge is 2.67. The van der Waals surface area contributed by atoms with E-state index in [4.69, 9.17) is 4.74 Å². The second kappa shape index (κ2) is 3.82. The zero-order valence-electron chi connectivity index (χ0n) is 11.9. The molecule has 1 saturated heterocycles. The molecule has 0 radical (unpaired) electrons. The zero-order chi connectivity index (χ0) is 14.1. The van der Waals surface area contributed by atoms with Gasteiger partial charge in [-0.3, -0.25) is 0 Å². The van der Waals surface area contributed by atoms with Crippen molar-refractivity contribution in [2.45, 2.75) is 58.0 Å². The minimum absolute atomic E-state index is 0.0630. The SMILES string of the molecule is CC1(C)CCC[C@@]2(C)[C@H]1[C@H](O)C=C1CO[C@@H](O)[C@@]12O. The molecule has 19 heavy (non-hydrogen) atoms. The van der Waals surface area contributed by atoms with E-state index in [0.717, 1.165) is 19.3 Å². The van der Waals surface area contributed by atoms with Crippen LogP contribution >= 0.6 is 0 Å². The Kier molecular flexibility index (Phi) is 2.72. The molecule has 2 fully saturated rings. The Labute approximate surface area is 114 Å². The topological polar surface area (TPSA) is 69.9 Å². The fourth-order valence-electron chi connectivity index (χ4n) is 5.04. The van der Waals surface area contributed by atoms with Crippen LogP contribution in [0.15, 0.2) is 11.6 Å². The van der Waals surface area contributed by atoms with Crippen LogP contribution in [-0.2, 0) is 4.74 Å². The van der Waals surface area contributed by atoms with Gasteiger partial charge in [-0.2, -0.15) is 0 Å². The molecule has 5 atom stereocenters. The van der Waals surface area contributed by atoms with Crippen LogP contribution in [0.4, 0.5) is 0 Å². The van der Waals surface area contributed by atoms with Crippen LogP contribution in [0, 0.1) is 16.7 Å². The summed E-state index contributed by atoms with van der Waals surface area (Å²) in [6.07, 6.45) is 2.76. The number of aliphatic hydroxyl groups excluding tert-OH is 2. The third-order valence-corrected chi connectivity index (χ3v) is 5.87. The van der Waals surface area contributed by atoms with Gasteiger partial charge in [0.2, 0.25) is 0 Å². The number of hydrogen-bond acceptors (Lipinski definition) is 4. The first-order chi connectivity index (χ1) is 8.73. The average molecular weight is 268 g/mol. The van der Waals surface area contributed by atoms with Gasteiger partial charge in [0, 0.05) is 11.3 Å². The smallest absolute Gasteiger partial charge is 0.188 e. The first-order valence-electron chi connectivity index (χ1n) is 7.15. The Balaban J connectivity index is 2.17. The predicted molar refractivity (Wildman–Crippen MR) is 70.2 cm³/mol. The Hall–Kier alpha value is -0.420. The summed E-state index contributed by atoms with van der Waals surface area (Å²) in [7, 11) is 0. The molecular weight excluding hydrogens is 244 g/mol. The summed E-state index contributed by atoms with van der Waals surface area (Å²) in [5, 5.41) is 31.8. The van der Waals surface area contributed by atoms with E-state index in [9.17, 15) is 15.3 Å². The van der Waals surface area contributed by atoms with E-state index in [0.29, 0.717) is 5.57 Å². The van der Waals surface area contributed by atoms with Gasteiger partial charge in [0.05, 0.1) is 12.7 Å². The molecule has 0 aromatic heterocycles. The van der Waals surface area contributed by atoms with E-state index in [1.54, 1.807) is 6.08 Å². The standard InChI is InChI=1S/C15H24O4/c1-13(2)5-4-6-14(3)11(13)10(16)7-9-8-19-12(17)15(9,14)18/h7,10-12,16-18H,4-6,8H2,1-3H3/t10-,11+,12-,14+,15+/m1/s1. The van der Waals surface area contributed by atoms with Gasteiger partial charge in [-0.05, 0) is 23.8 Å². The molecule has 0 aromatic carbocycles. The van der Waals surface area contributed by atoms with Crippen LogP contribution in [0.25, 0.3) is 0 Å². The van der Waals surface area contributed by atoms with E-state index in [2.05, 4.69) is 13.8 Å². The Morgan fingerprint density at radius 3 is 2.58 bits per heavy atom. The predicted octanol–water partition coefficient (Wildman–Crippen LogP) is 1.20. The number of rotatable bonds is 0. The third kappa shape index (κ3) is 1.49. The molecule has 2 aliphatic carbocycles. The van der Waals surface area contributed by atoms with E-state index in [1.807, 2.05) is 6.92 Å². The number of aliphatic hydroxyl groups is 3. The van der Waals surface area contributed by atoms with Crippen LogP contribution in [0.1, 0.15) is 40.0 Å². The molecule has 1 saturated carbocycles. The molecule has 0 spiro atoms. The van der Waals surface area contributed by atoms with Gasteiger partial charge in [-0.15, -0.1) is 0 Å². The highest BCUT2D eigenvalue weighted by Crippen LogP contribution is 2.63. The maximum Gasteiger partial charge on any atom is 0.188 e. The summed E-state index contributed by atoms with van der Waals surface area (Å²) in [4.78, 5) is 0. The largest absolute Gasteiger partial charge is 0.389 e. The van der Waals surface area contributed by atoms with Crippen LogP contribution in [0.3, 0.4) is 0 Å². The van der Waals surface area contributed by atoms with Crippen molar-refractivity contribution in [2.24, 2.45) is 16.7 Å². The maximum absolute atomic E-state index is 11.1. The van der Waals surface area contributed by atoms with Gasteiger partial charge >= 0.3 is 0 Å². The molecule has 3 rings (SSSR count). The second-order valence-corrected chi connectivity index (χ2v) is 7.35. The van der Waals surface area contributed by atoms with Gasteiger partial charge < -0.3 is 20.1 Å². The molecule has 0 amide bonds. The fourth-order valence-corrected chi connectivity index (χ4v) is 5.04. The van der Waals surface area contributed by atoms with Crippen LogP contribution in [0.5, 0.6) is 0 Å². The minimum atomic E-state index is -1.35. The molecule has 0 bridgehead atoms. The van der Waals surface area contributed by atoms with Crippen molar-refractivity contribution in [3.63, 3.8) is 0 Å². The molecule has 3 aliphatic rings. The average Bonchev–Trinajstić information content (AvgIpc) is 2.57. The van der Waals surface area contributed by atoms with E-state index in [-0.39, 0.29) is 17.9 Å². The second-order valence-electron chi connectivity index (χ2n) is 7.35. The Morgan fingerprint density at radius 2 is 1.89 bits per heavy atom. The first-order valence-corrected chi connectivity index (χ1v) is 7.15. The van der Waals surface area contributed by atoms with Crippen molar-refractivity contribution in [2.75, 3.05) is 6.61 Å². The van der Waals surface area contributed by atoms with E-state index in [1.165, 1.54) is 0 Å². The fraction of sp³-hybridized carbons (Fsp3) is 0.867. The van der Waals surface area contributed by atoms with Crippen molar-refractivity contribution < 1.29 is 20.1 Å². The van der Waals surface area contributed by atoms with Gasteiger partial charge in [-0.25, -0.2) is 0 Å². The number of ether oxygens (including phenoxy) is 1. The molecule has 1 heterocycles.